The second kappa shape index (κ2) is 10.1. The van der Waals surface area contributed by atoms with Crippen LogP contribution in [0.15, 0.2) is 66.9 Å². The van der Waals surface area contributed by atoms with Crippen molar-refractivity contribution in [3.8, 4) is 0 Å². The fourth-order valence-electron chi connectivity index (χ4n) is 2.70. The predicted octanol–water partition coefficient (Wildman–Crippen LogP) is 3.19. The molecule has 0 radical (unpaired) electrons. The van der Waals surface area contributed by atoms with E-state index in [4.69, 9.17) is 0 Å². The maximum atomic E-state index is 13.9. The van der Waals surface area contributed by atoms with Gasteiger partial charge in [-0.1, -0.05) is 24.3 Å². The van der Waals surface area contributed by atoms with Gasteiger partial charge in [0.05, 0.1) is 17.7 Å². The molecule has 154 valence electrons. The van der Waals surface area contributed by atoms with Gasteiger partial charge >= 0.3 is 0 Å². The van der Waals surface area contributed by atoms with Crippen LogP contribution in [0.4, 0.5) is 20.3 Å². The predicted molar refractivity (Wildman–Crippen MR) is 109 cm³/mol. The van der Waals surface area contributed by atoms with E-state index in [0.29, 0.717) is 5.56 Å². The third-order valence-corrected chi connectivity index (χ3v) is 4.19. The molecule has 3 rings (SSSR count). The third kappa shape index (κ3) is 5.84. The molecule has 8 heteroatoms. The van der Waals surface area contributed by atoms with Crippen molar-refractivity contribution in [3.05, 3.63) is 89.6 Å². The van der Waals surface area contributed by atoms with Crippen LogP contribution in [0.25, 0.3) is 0 Å². The largest absolute Gasteiger partial charge is 0.354 e. The number of rotatable bonds is 8. The number of carbonyl (C=O) groups excluding carboxylic acids is 2. The van der Waals surface area contributed by atoms with E-state index in [0.717, 1.165) is 0 Å². The Morgan fingerprint density at radius 2 is 1.60 bits per heavy atom. The van der Waals surface area contributed by atoms with Crippen molar-refractivity contribution in [1.82, 2.24) is 15.6 Å². The van der Waals surface area contributed by atoms with Crippen LogP contribution < -0.4 is 16.0 Å². The summed E-state index contributed by atoms with van der Waals surface area (Å²) in [6.45, 7) is 0.421. The van der Waals surface area contributed by atoms with Crippen molar-refractivity contribution < 1.29 is 18.4 Å². The van der Waals surface area contributed by atoms with E-state index in [-0.39, 0.29) is 48.3 Å². The summed E-state index contributed by atoms with van der Waals surface area (Å²) in [6.07, 6.45) is 1.61. The molecule has 0 saturated carbocycles. The van der Waals surface area contributed by atoms with E-state index in [1.807, 2.05) is 0 Å². The number of anilines is 2. The Hall–Kier alpha value is -3.81. The second-order valence-corrected chi connectivity index (χ2v) is 6.41. The zero-order chi connectivity index (χ0) is 21.3. The van der Waals surface area contributed by atoms with Crippen LogP contribution in [0.2, 0.25) is 0 Å². The SMILES string of the molecule is O=C(Cc1ccc(F)cc1)NCCNC(=O)c1cccnc1Nc1ccccc1F. The number of nitrogens with one attached hydrogen (secondary N) is 3. The van der Waals surface area contributed by atoms with E-state index < -0.39 is 11.7 Å². The van der Waals surface area contributed by atoms with Gasteiger partial charge in [-0.3, -0.25) is 9.59 Å². The summed E-state index contributed by atoms with van der Waals surface area (Å²) >= 11 is 0. The molecule has 0 aliphatic rings. The van der Waals surface area contributed by atoms with Crippen LogP contribution in [0.1, 0.15) is 15.9 Å². The van der Waals surface area contributed by atoms with E-state index in [2.05, 4.69) is 20.9 Å². The highest BCUT2D eigenvalue weighted by Crippen LogP contribution is 2.20. The molecule has 2 amide bonds. The Balaban J connectivity index is 1.50. The highest BCUT2D eigenvalue weighted by molar-refractivity contribution is 5.99. The number of para-hydroxylation sites is 1. The lowest BCUT2D eigenvalue weighted by Crippen LogP contribution is -2.35. The maximum absolute atomic E-state index is 13.9. The first-order chi connectivity index (χ1) is 14.5. The molecule has 1 aromatic heterocycles. The fourth-order valence-corrected chi connectivity index (χ4v) is 2.70. The topological polar surface area (TPSA) is 83.1 Å². The number of hydrogen-bond acceptors (Lipinski definition) is 4. The molecule has 0 fully saturated rings. The molecule has 0 aliphatic carbocycles. The molecule has 0 saturated heterocycles. The van der Waals surface area contributed by atoms with Crippen LogP contribution in [-0.2, 0) is 11.2 Å². The van der Waals surface area contributed by atoms with Crippen molar-refractivity contribution in [3.63, 3.8) is 0 Å². The molecule has 0 bridgehead atoms. The average molecular weight is 410 g/mol. The van der Waals surface area contributed by atoms with Crippen LogP contribution >= 0.6 is 0 Å². The molecular formula is C22H20F2N4O2. The van der Waals surface area contributed by atoms with Crippen molar-refractivity contribution in [1.29, 1.82) is 0 Å². The molecular weight excluding hydrogens is 390 g/mol. The van der Waals surface area contributed by atoms with Gasteiger partial charge in [-0.05, 0) is 42.0 Å². The second-order valence-electron chi connectivity index (χ2n) is 6.41. The zero-order valence-electron chi connectivity index (χ0n) is 16.0. The van der Waals surface area contributed by atoms with E-state index >= 15 is 0 Å². The standard InChI is InChI=1S/C22H20F2N4O2/c23-16-9-7-15(8-10-16)14-20(29)25-12-13-27-22(30)17-4-3-11-26-21(17)28-19-6-2-1-5-18(19)24/h1-11H,12-14H2,(H,25,29)(H,26,28)(H,27,30). The van der Waals surface area contributed by atoms with Crippen LogP contribution in [0.5, 0.6) is 0 Å². The Morgan fingerprint density at radius 1 is 0.867 bits per heavy atom. The summed E-state index contributed by atoms with van der Waals surface area (Å²) in [4.78, 5) is 28.5. The lowest BCUT2D eigenvalue weighted by Gasteiger charge is -2.12. The molecule has 0 aliphatic heterocycles. The quantitative estimate of drug-likeness (QED) is 0.498. The molecule has 1 heterocycles. The van der Waals surface area contributed by atoms with Crippen molar-refractivity contribution in [2.45, 2.75) is 6.42 Å². The first kappa shape index (κ1) is 20.9. The van der Waals surface area contributed by atoms with E-state index in [9.17, 15) is 18.4 Å². The number of amides is 2. The summed E-state index contributed by atoms with van der Waals surface area (Å²) < 4.78 is 26.7. The number of halogens is 2. The van der Waals surface area contributed by atoms with Gasteiger partial charge in [0.2, 0.25) is 5.91 Å². The first-order valence-electron chi connectivity index (χ1n) is 9.29. The number of nitrogens with zero attached hydrogens (tertiary/aromatic N) is 1. The number of pyridine rings is 1. The molecule has 0 unspecified atom stereocenters. The normalized spacial score (nSPS) is 10.3. The number of carbonyl (C=O) groups is 2. The minimum atomic E-state index is -0.460. The zero-order valence-corrected chi connectivity index (χ0v) is 16.0. The number of aromatic nitrogens is 1. The summed E-state index contributed by atoms with van der Waals surface area (Å²) in [5.41, 5.74) is 1.15. The lowest BCUT2D eigenvalue weighted by atomic mass is 10.1. The molecule has 2 aromatic carbocycles. The Morgan fingerprint density at radius 3 is 2.37 bits per heavy atom. The summed E-state index contributed by atoms with van der Waals surface area (Å²) in [5, 5.41) is 8.19. The Labute approximate surface area is 172 Å². The van der Waals surface area contributed by atoms with E-state index in [1.54, 1.807) is 42.5 Å². The first-order valence-corrected chi connectivity index (χ1v) is 9.29. The highest BCUT2D eigenvalue weighted by Gasteiger charge is 2.13. The molecule has 0 spiro atoms. The minimum Gasteiger partial charge on any atom is -0.354 e. The molecule has 30 heavy (non-hydrogen) atoms. The van der Waals surface area contributed by atoms with Gasteiger partial charge in [-0.25, -0.2) is 13.8 Å². The molecule has 3 aromatic rings. The summed E-state index contributed by atoms with van der Waals surface area (Å²) in [7, 11) is 0. The maximum Gasteiger partial charge on any atom is 0.255 e. The smallest absolute Gasteiger partial charge is 0.255 e. The summed E-state index contributed by atoms with van der Waals surface area (Å²) in [6, 6.07) is 14.9. The number of hydrogen-bond donors (Lipinski definition) is 3. The molecule has 6 nitrogen and oxygen atoms in total. The Kier molecular flexibility index (Phi) is 7.05. The van der Waals surface area contributed by atoms with E-state index in [1.165, 1.54) is 24.4 Å². The minimum absolute atomic E-state index is 0.119. The average Bonchev–Trinajstić information content (AvgIpc) is 2.75. The van der Waals surface area contributed by atoms with Gasteiger partial charge in [-0.15, -0.1) is 0 Å². The van der Waals surface area contributed by atoms with Crippen LogP contribution in [0.3, 0.4) is 0 Å². The lowest BCUT2D eigenvalue weighted by molar-refractivity contribution is -0.120. The molecule has 3 N–H and O–H groups in total. The van der Waals surface area contributed by atoms with Gasteiger partial charge in [0, 0.05) is 19.3 Å². The van der Waals surface area contributed by atoms with Gasteiger partial charge in [-0.2, -0.15) is 0 Å². The monoisotopic (exact) mass is 410 g/mol. The van der Waals surface area contributed by atoms with Crippen molar-refractivity contribution in [2.75, 3.05) is 18.4 Å². The van der Waals surface area contributed by atoms with Gasteiger partial charge in [0.1, 0.15) is 17.5 Å². The Bertz CT molecular complexity index is 1030. The van der Waals surface area contributed by atoms with Crippen LogP contribution in [-0.4, -0.2) is 29.9 Å². The van der Waals surface area contributed by atoms with Gasteiger partial charge in [0.15, 0.2) is 0 Å². The van der Waals surface area contributed by atoms with Crippen molar-refractivity contribution in [2.24, 2.45) is 0 Å². The fraction of sp³-hybridized carbons (Fsp3) is 0.136. The third-order valence-electron chi connectivity index (χ3n) is 4.19. The summed E-state index contributed by atoms with van der Waals surface area (Å²) in [5.74, 6) is -1.24. The van der Waals surface area contributed by atoms with Crippen LogP contribution in [0, 0.1) is 11.6 Å². The number of benzene rings is 2. The van der Waals surface area contributed by atoms with Crippen molar-refractivity contribution >= 4 is 23.3 Å². The van der Waals surface area contributed by atoms with Gasteiger partial charge < -0.3 is 16.0 Å². The molecule has 0 atom stereocenters. The van der Waals surface area contributed by atoms with Gasteiger partial charge in [0.25, 0.3) is 5.91 Å². The highest BCUT2D eigenvalue weighted by atomic mass is 19.1.